The van der Waals surface area contributed by atoms with Crippen LogP contribution in [0.4, 0.5) is 0 Å². The summed E-state index contributed by atoms with van der Waals surface area (Å²) >= 11 is 5.91. The van der Waals surface area contributed by atoms with Crippen molar-refractivity contribution in [1.29, 1.82) is 0 Å². The molecular weight excluding hydrogens is 418 g/mol. The fraction of sp³-hybridized carbons (Fsp3) is 0.750. The molecule has 2 N–H and O–H groups in total. The molecular formula is C24H38ClNO5. The summed E-state index contributed by atoms with van der Waals surface area (Å²) in [6, 6.07) is 0. The zero-order chi connectivity index (χ0) is 22.7. The number of fused-ring (bicyclic) bond motifs is 1. The first-order valence-corrected chi connectivity index (χ1v) is 12.1. The quantitative estimate of drug-likeness (QED) is 0.219. The maximum Gasteiger partial charge on any atom is 0.220 e. The van der Waals surface area contributed by atoms with Crippen LogP contribution in [0.5, 0.6) is 0 Å². The summed E-state index contributed by atoms with van der Waals surface area (Å²) in [6.07, 6.45) is 13.0. The Morgan fingerprint density at radius 3 is 2.84 bits per heavy atom. The van der Waals surface area contributed by atoms with Crippen LogP contribution in [0.3, 0.4) is 0 Å². The number of ether oxygens (including phenoxy) is 2. The molecule has 7 heteroatoms. The predicted molar refractivity (Wildman–Crippen MR) is 122 cm³/mol. The van der Waals surface area contributed by atoms with Crippen molar-refractivity contribution < 1.29 is 24.2 Å². The molecule has 0 spiro atoms. The number of Topliss-reactive ketones (excluding diaryl/α,β-unsaturated/α-hetero) is 1. The minimum Gasteiger partial charge on any atom is -0.390 e. The van der Waals surface area contributed by atoms with E-state index in [1.807, 2.05) is 6.08 Å². The van der Waals surface area contributed by atoms with Crippen molar-refractivity contribution in [2.24, 2.45) is 0 Å². The summed E-state index contributed by atoms with van der Waals surface area (Å²) in [6.45, 7) is 2.36. The Bertz CT molecular complexity index is 650. The second-order valence-electron chi connectivity index (χ2n) is 8.52. The zero-order valence-corrected chi connectivity index (χ0v) is 19.7. The Kier molecular flexibility index (Phi) is 11.2. The normalized spacial score (nSPS) is 26.7. The smallest absolute Gasteiger partial charge is 0.220 e. The molecule has 31 heavy (non-hydrogen) atoms. The van der Waals surface area contributed by atoms with Crippen LogP contribution < -0.4 is 5.32 Å². The third-order valence-corrected chi connectivity index (χ3v) is 6.50. The largest absolute Gasteiger partial charge is 0.390 e. The van der Waals surface area contributed by atoms with Crippen LogP contribution in [0.25, 0.3) is 0 Å². The molecule has 4 atom stereocenters. The standard InChI is InChI=1S/C24H38ClNO5/c1-3-4-5-6-8-11-19(30-2)12-9-7-10-13-22(29)26-17-18(16-25)24-21(28)15-14-20(27)23(24)31-24/h7,9,16,19-20,23,27H,3-6,8,10-15,17H2,1-2H3,(H,26,29)/b9-7+,18-16-/t19-,20-,23+,24-/m1/s1. The molecule has 2 fully saturated rings. The molecule has 1 aliphatic heterocycles. The molecule has 1 saturated heterocycles. The Balaban J connectivity index is 1.64. The van der Waals surface area contributed by atoms with E-state index >= 15 is 0 Å². The topological polar surface area (TPSA) is 88.2 Å². The molecule has 0 unspecified atom stereocenters. The van der Waals surface area contributed by atoms with Crippen molar-refractivity contribution >= 4 is 23.3 Å². The van der Waals surface area contributed by atoms with Gasteiger partial charge in [0.15, 0.2) is 11.4 Å². The first kappa shape index (κ1) is 26.0. The van der Waals surface area contributed by atoms with Crippen molar-refractivity contribution in [3.63, 3.8) is 0 Å². The number of halogens is 1. The first-order chi connectivity index (χ1) is 15.0. The molecule has 176 valence electrons. The average molecular weight is 456 g/mol. The number of hydrogen-bond donors (Lipinski definition) is 2. The summed E-state index contributed by atoms with van der Waals surface area (Å²) in [4.78, 5) is 24.5. The van der Waals surface area contributed by atoms with E-state index in [2.05, 4.69) is 18.3 Å². The molecule has 0 aromatic heterocycles. The van der Waals surface area contributed by atoms with Crippen LogP contribution in [0.2, 0.25) is 0 Å². The summed E-state index contributed by atoms with van der Waals surface area (Å²) in [5.41, 5.74) is 0.662. The summed E-state index contributed by atoms with van der Waals surface area (Å²) in [5.74, 6) is -0.192. The van der Waals surface area contributed by atoms with Crippen molar-refractivity contribution in [2.45, 2.75) is 101 Å². The van der Waals surface area contributed by atoms with E-state index in [1.54, 1.807) is 7.11 Å². The van der Waals surface area contributed by atoms with Gasteiger partial charge in [-0.05, 0) is 25.7 Å². The van der Waals surface area contributed by atoms with Crippen LogP contribution in [0.15, 0.2) is 23.3 Å². The highest BCUT2D eigenvalue weighted by molar-refractivity contribution is 6.26. The number of unbranched alkanes of at least 4 members (excludes halogenated alkanes) is 4. The summed E-state index contributed by atoms with van der Waals surface area (Å²) in [7, 11) is 1.75. The molecule has 0 bridgehead atoms. The van der Waals surface area contributed by atoms with Gasteiger partial charge < -0.3 is 19.9 Å². The molecule has 2 rings (SSSR count). The van der Waals surface area contributed by atoms with Gasteiger partial charge in [-0.15, -0.1) is 0 Å². The summed E-state index contributed by atoms with van der Waals surface area (Å²) in [5, 5.41) is 12.8. The number of epoxide rings is 1. The van der Waals surface area contributed by atoms with Crippen LogP contribution in [-0.4, -0.2) is 54.4 Å². The van der Waals surface area contributed by atoms with Gasteiger partial charge in [-0.2, -0.15) is 0 Å². The van der Waals surface area contributed by atoms with Gasteiger partial charge >= 0.3 is 0 Å². The van der Waals surface area contributed by atoms with E-state index in [4.69, 9.17) is 21.1 Å². The number of carbonyl (C=O) groups is 2. The van der Waals surface area contributed by atoms with Crippen molar-refractivity contribution in [1.82, 2.24) is 5.32 Å². The number of carbonyl (C=O) groups excluding carboxylic acids is 2. The molecule has 0 aromatic carbocycles. The van der Waals surface area contributed by atoms with E-state index in [0.717, 1.165) is 12.8 Å². The lowest BCUT2D eigenvalue weighted by Gasteiger charge is -2.22. The minimum absolute atomic E-state index is 0.0788. The third kappa shape index (κ3) is 7.41. The molecule has 6 nitrogen and oxygen atoms in total. The van der Waals surface area contributed by atoms with Gasteiger partial charge in [0, 0.05) is 37.6 Å². The van der Waals surface area contributed by atoms with Crippen molar-refractivity contribution in [3.8, 4) is 0 Å². The monoisotopic (exact) mass is 455 g/mol. The fourth-order valence-electron chi connectivity index (χ4n) is 4.21. The number of rotatable bonds is 15. The van der Waals surface area contributed by atoms with Gasteiger partial charge in [-0.3, -0.25) is 9.59 Å². The van der Waals surface area contributed by atoms with Gasteiger partial charge in [0.05, 0.1) is 12.2 Å². The lowest BCUT2D eigenvalue weighted by atomic mass is 9.81. The maximum atomic E-state index is 12.3. The van der Waals surface area contributed by atoms with Crippen LogP contribution in [-0.2, 0) is 19.1 Å². The van der Waals surface area contributed by atoms with Gasteiger partial charge in [0.2, 0.25) is 5.91 Å². The number of amides is 1. The Morgan fingerprint density at radius 1 is 1.35 bits per heavy atom. The number of aliphatic hydroxyl groups is 1. The van der Waals surface area contributed by atoms with Crippen LogP contribution in [0, 0.1) is 0 Å². The van der Waals surface area contributed by atoms with E-state index in [9.17, 15) is 14.7 Å². The van der Waals surface area contributed by atoms with Crippen molar-refractivity contribution in [3.05, 3.63) is 23.3 Å². The minimum atomic E-state index is -1.14. The molecule has 1 amide bonds. The van der Waals surface area contributed by atoms with Gasteiger partial charge in [0.25, 0.3) is 0 Å². The molecule has 1 aliphatic carbocycles. The van der Waals surface area contributed by atoms with Gasteiger partial charge in [-0.25, -0.2) is 0 Å². The third-order valence-electron chi connectivity index (χ3n) is 6.24. The number of ketones is 1. The predicted octanol–water partition coefficient (Wildman–Crippen LogP) is 4.19. The SMILES string of the molecule is CCCCCCC[C@H](C/C=C/CCC(=O)NC/C(=C/Cl)[C@]12O[C@H]1[C@H](O)CCC2=O)OC. The van der Waals surface area contributed by atoms with E-state index < -0.39 is 17.8 Å². The number of methoxy groups -OCH3 is 1. The summed E-state index contributed by atoms with van der Waals surface area (Å²) < 4.78 is 11.1. The second-order valence-corrected chi connectivity index (χ2v) is 8.74. The van der Waals surface area contributed by atoms with Crippen LogP contribution >= 0.6 is 11.6 Å². The Hall–Kier alpha value is -1.21. The molecule has 1 saturated carbocycles. The highest BCUT2D eigenvalue weighted by Gasteiger charge is 2.68. The Morgan fingerprint density at radius 2 is 2.13 bits per heavy atom. The number of aliphatic hydroxyl groups excluding tert-OH is 1. The van der Waals surface area contributed by atoms with Crippen molar-refractivity contribution in [2.75, 3.05) is 13.7 Å². The average Bonchev–Trinajstić information content (AvgIpc) is 3.53. The van der Waals surface area contributed by atoms with Gasteiger partial charge in [0.1, 0.15) is 6.10 Å². The fourth-order valence-corrected chi connectivity index (χ4v) is 4.45. The van der Waals surface area contributed by atoms with E-state index in [1.165, 1.54) is 37.6 Å². The molecule has 0 aromatic rings. The maximum absolute atomic E-state index is 12.3. The molecule has 0 radical (unpaired) electrons. The number of allylic oxidation sites excluding steroid dienone is 1. The lowest BCUT2D eigenvalue weighted by molar-refractivity contribution is -0.124. The van der Waals surface area contributed by atoms with E-state index in [-0.39, 0.29) is 30.8 Å². The molecule has 1 heterocycles. The van der Waals surface area contributed by atoms with Gasteiger partial charge in [-0.1, -0.05) is 62.8 Å². The first-order valence-electron chi connectivity index (χ1n) is 11.6. The van der Waals surface area contributed by atoms with E-state index in [0.29, 0.717) is 24.8 Å². The lowest BCUT2D eigenvalue weighted by Crippen LogP contribution is -2.42. The second kappa shape index (κ2) is 13.4. The van der Waals surface area contributed by atoms with Crippen LogP contribution in [0.1, 0.15) is 77.6 Å². The highest BCUT2D eigenvalue weighted by atomic mass is 35.5. The number of nitrogens with one attached hydrogen (secondary N) is 1. The number of hydrogen-bond acceptors (Lipinski definition) is 5. The molecule has 2 aliphatic rings. The highest BCUT2D eigenvalue weighted by Crippen LogP contribution is 2.50. The Labute approximate surface area is 191 Å². The zero-order valence-electron chi connectivity index (χ0n) is 18.9.